The molecule has 0 radical (unpaired) electrons. The first kappa shape index (κ1) is 24.3. The van der Waals surface area contributed by atoms with Crippen molar-refractivity contribution >= 4 is 21.7 Å². The number of hydrogen-bond acceptors (Lipinski definition) is 5. The normalized spacial score (nSPS) is 22.3. The molecule has 2 atom stereocenters. The molecule has 2 saturated heterocycles. The Morgan fingerprint density at radius 3 is 2.41 bits per heavy atom. The van der Waals surface area contributed by atoms with Crippen molar-refractivity contribution < 1.29 is 13.2 Å². The number of nitrogens with one attached hydrogen (secondary N) is 2. The number of allylic oxidation sites excluding steroid dienone is 1. The zero-order chi connectivity index (χ0) is 25.6. The van der Waals surface area contributed by atoms with Gasteiger partial charge in [-0.1, -0.05) is 66.7 Å². The van der Waals surface area contributed by atoms with Crippen molar-refractivity contribution in [3.05, 3.63) is 95.1 Å². The van der Waals surface area contributed by atoms with Crippen LogP contribution in [0.25, 0.3) is 17.2 Å². The fraction of sp³-hybridized carbons (Fsp3) is 0.323. The van der Waals surface area contributed by atoms with Gasteiger partial charge in [0.1, 0.15) is 0 Å². The molecule has 5 nitrogen and oxygen atoms in total. The van der Waals surface area contributed by atoms with Crippen LogP contribution in [-0.4, -0.2) is 46.6 Å². The van der Waals surface area contributed by atoms with Gasteiger partial charge in [-0.15, -0.1) is 0 Å². The van der Waals surface area contributed by atoms with Crippen LogP contribution < -0.4 is 10.6 Å². The largest absolute Gasteiger partial charge is 0.317 e. The van der Waals surface area contributed by atoms with Crippen molar-refractivity contribution in [1.82, 2.24) is 10.6 Å². The summed E-state index contributed by atoms with van der Waals surface area (Å²) in [5, 5.41) is 6.94. The lowest BCUT2D eigenvalue weighted by Gasteiger charge is -2.34. The summed E-state index contributed by atoms with van der Waals surface area (Å²) in [6.07, 6.45) is 7.86. The number of carbonyl (C=O) groups excluding carboxylic acids is 1. The van der Waals surface area contributed by atoms with E-state index < -0.39 is 9.84 Å². The van der Waals surface area contributed by atoms with Crippen molar-refractivity contribution in [1.29, 1.82) is 0 Å². The summed E-state index contributed by atoms with van der Waals surface area (Å²) in [5.41, 5.74) is 6.40. The number of hydrogen-bond donors (Lipinski definition) is 2. The topological polar surface area (TPSA) is 75.3 Å². The summed E-state index contributed by atoms with van der Waals surface area (Å²) in [5.74, 6) is 0.0676. The van der Waals surface area contributed by atoms with E-state index in [4.69, 9.17) is 0 Å². The SMILES string of the molecule is CS(=O)(=O)c1ccc(-c2ccccc2[C@@H]2CNC[C@H]2C(=O)c2cccc3c2C=CC32CCNCC2)cc1. The third-order valence-electron chi connectivity index (χ3n) is 8.48. The van der Waals surface area contributed by atoms with Gasteiger partial charge in [-0.2, -0.15) is 0 Å². The van der Waals surface area contributed by atoms with Crippen molar-refractivity contribution in [2.24, 2.45) is 5.92 Å². The summed E-state index contributed by atoms with van der Waals surface area (Å²) in [4.78, 5) is 14.4. The predicted molar refractivity (Wildman–Crippen MR) is 148 cm³/mol. The van der Waals surface area contributed by atoms with Crippen LogP contribution in [0.4, 0.5) is 0 Å². The van der Waals surface area contributed by atoms with Crippen LogP contribution in [0.2, 0.25) is 0 Å². The molecule has 37 heavy (non-hydrogen) atoms. The van der Waals surface area contributed by atoms with Crippen LogP contribution in [-0.2, 0) is 15.3 Å². The zero-order valence-electron chi connectivity index (χ0n) is 21.0. The highest BCUT2D eigenvalue weighted by Gasteiger charge is 2.40. The van der Waals surface area contributed by atoms with Crippen LogP contribution >= 0.6 is 0 Å². The molecule has 1 spiro atoms. The Morgan fingerprint density at radius 1 is 0.892 bits per heavy atom. The molecule has 0 bridgehead atoms. The summed E-state index contributed by atoms with van der Waals surface area (Å²) in [6.45, 7) is 3.37. The second-order valence-electron chi connectivity index (χ2n) is 10.6. The summed E-state index contributed by atoms with van der Waals surface area (Å²) >= 11 is 0. The molecule has 6 heteroatoms. The first-order chi connectivity index (χ1) is 17.9. The van der Waals surface area contributed by atoms with E-state index >= 15 is 0 Å². The fourth-order valence-electron chi connectivity index (χ4n) is 6.48. The molecule has 2 fully saturated rings. The number of benzene rings is 3. The van der Waals surface area contributed by atoms with Crippen molar-refractivity contribution in [2.45, 2.75) is 29.1 Å². The Morgan fingerprint density at radius 2 is 1.65 bits per heavy atom. The minimum Gasteiger partial charge on any atom is -0.317 e. The van der Waals surface area contributed by atoms with Gasteiger partial charge in [0.2, 0.25) is 0 Å². The molecule has 2 aliphatic heterocycles. The Kier molecular flexibility index (Phi) is 6.14. The molecule has 0 unspecified atom stereocenters. The average molecular weight is 513 g/mol. The number of sulfone groups is 1. The molecule has 1 aliphatic carbocycles. The molecule has 6 rings (SSSR count). The minimum absolute atomic E-state index is 0.0346. The zero-order valence-corrected chi connectivity index (χ0v) is 21.9. The number of rotatable bonds is 5. The van der Waals surface area contributed by atoms with E-state index in [2.05, 4.69) is 47.1 Å². The molecule has 2 N–H and O–H groups in total. The number of ketones is 1. The summed E-state index contributed by atoms with van der Waals surface area (Å²) in [7, 11) is -3.26. The Labute approximate surface area is 218 Å². The smallest absolute Gasteiger partial charge is 0.175 e. The first-order valence-electron chi connectivity index (χ1n) is 13.1. The van der Waals surface area contributed by atoms with Crippen molar-refractivity contribution in [2.75, 3.05) is 32.4 Å². The fourth-order valence-corrected chi connectivity index (χ4v) is 7.11. The van der Waals surface area contributed by atoms with Gasteiger partial charge in [-0.3, -0.25) is 4.79 Å². The van der Waals surface area contributed by atoms with Gasteiger partial charge in [-0.05, 0) is 65.9 Å². The number of piperidine rings is 1. The van der Waals surface area contributed by atoms with Gasteiger partial charge in [0.25, 0.3) is 0 Å². The van der Waals surface area contributed by atoms with Crippen LogP contribution in [0.15, 0.2) is 77.7 Å². The summed E-state index contributed by atoms with van der Waals surface area (Å²) < 4.78 is 23.9. The van der Waals surface area contributed by atoms with E-state index in [-0.39, 0.29) is 23.0 Å². The number of carbonyl (C=O) groups is 1. The van der Waals surface area contributed by atoms with Crippen molar-refractivity contribution in [3.63, 3.8) is 0 Å². The molecule has 0 aromatic heterocycles. The molecule has 3 aliphatic rings. The highest BCUT2D eigenvalue weighted by Crippen LogP contribution is 2.45. The lowest BCUT2D eigenvalue weighted by Crippen LogP contribution is -2.37. The monoisotopic (exact) mass is 512 g/mol. The maximum Gasteiger partial charge on any atom is 0.175 e. The quantitative estimate of drug-likeness (QED) is 0.489. The molecule has 3 aromatic rings. The van der Waals surface area contributed by atoms with E-state index in [9.17, 15) is 13.2 Å². The molecular weight excluding hydrogens is 480 g/mol. The maximum atomic E-state index is 14.1. The molecule has 0 amide bonds. The van der Waals surface area contributed by atoms with E-state index in [1.54, 1.807) is 12.1 Å². The average Bonchev–Trinajstić information content (AvgIpc) is 3.54. The Hall–Kier alpha value is -3.06. The number of fused-ring (bicyclic) bond motifs is 2. The second-order valence-corrected chi connectivity index (χ2v) is 12.6. The van der Waals surface area contributed by atoms with Gasteiger partial charge in [0.15, 0.2) is 15.6 Å². The van der Waals surface area contributed by atoms with Crippen LogP contribution in [0.3, 0.4) is 0 Å². The standard InChI is InChI=1S/C31H32N2O3S/c1-37(35,36)22-11-9-21(10-12-22)23-5-2-3-6-24(23)27-19-33-20-28(27)30(34)26-7-4-8-29-25(26)13-14-31(29)15-17-32-18-16-31/h2-14,27-28,32-33H,15-20H2,1H3/t27-,28+/m0/s1. The van der Waals surface area contributed by atoms with Crippen molar-refractivity contribution in [3.8, 4) is 11.1 Å². The lowest BCUT2D eigenvalue weighted by molar-refractivity contribution is 0.0920. The number of Topliss-reactive ketones (excluding diaryl/α,β-unsaturated/α-hetero) is 1. The van der Waals surface area contributed by atoms with E-state index in [0.29, 0.717) is 11.4 Å². The van der Waals surface area contributed by atoms with E-state index in [1.807, 2.05) is 30.3 Å². The minimum atomic E-state index is -3.26. The molecule has 2 heterocycles. The highest BCUT2D eigenvalue weighted by molar-refractivity contribution is 7.90. The van der Waals surface area contributed by atoms with Gasteiger partial charge >= 0.3 is 0 Å². The van der Waals surface area contributed by atoms with E-state index in [0.717, 1.165) is 60.3 Å². The molecule has 190 valence electrons. The van der Waals surface area contributed by atoms with Gasteiger partial charge in [0.05, 0.1) is 4.90 Å². The third-order valence-corrected chi connectivity index (χ3v) is 9.61. The predicted octanol–water partition coefficient (Wildman–Crippen LogP) is 4.59. The van der Waals surface area contributed by atoms with Crippen LogP contribution in [0.5, 0.6) is 0 Å². The van der Waals surface area contributed by atoms with Crippen LogP contribution in [0, 0.1) is 5.92 Å². The van der Waals surface area contributed by atoms with Gasteiger partial charge in [0, 0.05) is 42.2 Å². The second kappa shape index (κ2) is 9.35. The molecular formula is C31H32N2O3S. The van der Waals surface area contributed by atoms with Gasteiger partial charge < -0.3 is 10.6 Å². The maximum absolute atomic E-state index is 14.1. The van der Waals surface area contributed by atoms with Crippen LogP contribution in [0.1, 0.15) is 45.8 Å². The lowest BCUT2D eigenvalue weighted by atomic mass is 9.74. The Balaban J connectivity index is 1.34. The third kappa shape index (κ3) is 4.27. The highest BCUT2D eigenvalue weighted by atomic mass is 32.2. The summed E-state index contributed by atoms with van der Waals surface area (Å²) in [6, 6.07) is 21.5. The first-order valence-corrected chi connectivity index (χ1v) is 14.9. The van der Waals surface area contributed by atoms with Gasteiger partial charge in [-0.25, -0.2) is 8.42 Å². The Bertz CT molecular complexity index is 1490. The van der Waals surface area contributed by atoms with E-state index in [1.165, 1.54) is 11.8 Å². The molecule has 3 aromatic carbocycles. The molecule has 0 saturated carbocycles.